The van der Waals surface area contributed by atoms with Gasteiger partial charge in [0.15, 0.2) is 5.82 Å². The molecule has 3 aromatic rings. The van der Waals surface area contributed by atoms with Gasteiger partial charge in [-0.3, -0.25) is 4.68 Å². The molecule has 0 aliphatic rings. The van der Waals surface area contributed by atoms with E-state index in [0.29, 0.717) is 12.6 Å². The van der Waals surface area contributed by atoms with Gasteiger partial charge in [-0.1, -0.05) is 30.3 Å². The van der Waals surface area contributed by atoms with E-state index in [4.69, 9.17) is 0 Å². The van der Waals surface area contributed by atoms with E-state index in [1.807, 2.05) is 59.5 Å². The lowest BCUT2D eigenvalue weighted by atomic mass is 10.2. The van der Waals surface area contributed by atoms with E-state index in [0.717, 1.165) is 23.6 Å². The minimum Gasteiger partial charge on any atom is -0.307 e. The average molecular weight is 293 g/mol. The maximum absolute atomic E-state index is 4.62. The summed E-state index contributed by atoms with van der Waals surface area (Å²) in [4.78, 5) is 8.96. The number of rotatable bonds is 6. The smallest absolute Gasteiger partial charge is 0.159 e. The van der Waals surface area contributed by atoms with Gasteiger partial charge in [-0.05, 0) is 19.1 Å². The van der Waals surface area contributed by atoms with Crippen molar-refractivity contribution >= 4 is 0 Å². The summed E-state index contributed by atoms with van der Waals surface area (Å²) in [5, 5.41) is 7.68. The van der Waals surface area contributed by atoms with Crippen LogP contribution in [-0.4, -0.2) is 25.8 Å². The van der Waals surface area contributed by atoms with Gasteiger partial charge in [-0.2, -0.15) is 5.10 Å². The fourth-order valence-electron chi connectivity index (χ4n) is 2.25. The summed E-state index contributed by atoms with van der Waals surface area (Å²) in [6.45, 7) is 3.69. The minimum atomic E-state index is 0.315. The summed E-state index contributed by atoms with van der Waals surface area (Å²) in [5.41, 5.74) is 2.02. The predicted molar refractivity (Wildman–Crippen MR) is 86.0 cm³/mol. The van der Waals surface area contributed by atoms with Gasteiger partial charge in [-0.25, -0.2) is 9.97 Å². The summed E-state index contributed by atoms with van der Waals surface area (Å²) in [6.07, 6.45) is 5.57. The van der Waals surface area contributed by atoms with E-state index in [2.05, 4.69) is 27.3 Å². The number of nitrogens with zero attached hydrogens (tertiary/aromatic N) is 4. The first-order chi connectivity index (χ1) is 10.8. The van der Waals surface area contributed by atoms with Crippen LogP contribution in [0.2, 0.25) is 0 Å². The van der Waals surface area contributed by atoms with Gasteiger partial charge >= 0.3 is 0 Å². The molecule has 0 saturated carbocycles. The first kappa shape index (κ1) is 14.4. The monoisotopic (exact) mass is 293 g/mol. The second kappa shape index (κ2) is 6.95. The summed E-state index contributed by atoms with van der Waals surface area (Å²) in [6, 6.07) is 14.2. The van der Waals surface area contributed by atoms with Crippen molar-refractivity contribution in [3.63, 3.8) is 0 Å². The Morgan fingerprint density at radius 3 is 2.73 bits per heavy atom. The molecule has 0 spiro atoms. The Bertz CT molecular complexity index is 694. The van der Waals surface area contributed by atoms with Crippen LogP contribution in [0.1, 0.15) is 12.6 Å². The highest BCUT2D eigenvalue weighted by atomic mass is 15.3. The molecule has 0 bridgehead atoms. The third-order valence-electron chi connectivity index (χ3n) is 3.40. The lowest BCUT2D eigenvalue weighted by molar-refractivity contribution is 0.448. The summed E-state index contributed by atoms with van der Waals surface area (Å²) < 4.78 is 1.92. The molecule has 0 aliphatic heterocycles. The molecule has 0 radical (unpaired) electrons. The van der Waals surface area contributed by atoms with Crippen molar-refractivity contribution in [3.05, 3.63) is 66.7 Å². The molecule has 5 heteroatoms. The zero-order valence-corrected chi connectivity index (χ0v) is 12.6. The Kier molecular flexibility index (Phi) is 4.56. The third-order valence-corrected chi connectivity index (χ3v) is 3.40. The molecule has 0 saturated heterocycles. The van der Waals surface area contributed by atoms with Crippen LogP contribution < -0.4 is 5.32 Å². The third kappa shape index (κ3) is 3.77. The average Bonchev–Trinajstić information content (AvgIpc) is 3.07. The van der Waals surface area contributed by atoms with Crippen molar-refractivity contribution in [1.82, 2.24) is 25.1 Å². The zero-order valence-electron chi connectivity index (χ0n) is 12.6. The van der Waals surface area contributed by atoms with Crippen molar-refractivity contribution in [2.45, 2.75) is 26.1 Å². The van der Waals surface area contributed by atoms with Gasteiger partial charge in [0.2, 0.25) is 0 Å². The van der Waals surface area contributed by atoms with Gasteiger partial charge in [0.05, 0.1) is 12.2 Å². The largest absolute Gasteiger partial charge is 0.307 e. The van der Waals surface area contributed by atoms with Gasteiger partial charge in [-0.15, -0.1) is 0 Å². The van der Waals surface area contributed by atoms with Gasteiger partial charge < -0.3 is 5.32 Å². The van der Waals surface area contributed by atoms with Crippen molar-refractivity contribution in [3.8, 4) is 11.4 Å². The van der Waals surface area contributed by atoms with Gasteiger partial charge in [0.25, 0.3) is 0 Å². The van der Waals surface area contributed by atoms with Gasteiger partial charge in [0, 0.05) is 36.7 Å². The molecule has 2 heterocycles. The highest BCUT2D eigenvalue weighted by Crippen LogP contribution is 2.13. The molecule has 0 fully saturated rings. The van der Waals surface area contributed by atoms with Crippen LogP contribution in [0.3, 0.4) is 0 Å². The van der Waals surface area contributed by atoms with E-state index in [-0.39, 0.29) is 0 Å². The fourth-order valence-corrected chi connectivity index (χ4v) is 2.25. The Morgan fingerprint density at radius 1 is 1.09 bits per heavy atom. The van der Waals surface area contributed by atoms with Crippen LogP contribution in [0, 0.1) is 0 Å². The maximum Gasteiger partial charge on any atom is 0.159 e. The molecule has 0 aliphatic carbocycles. The molecular weight excluding hydrogens is 274 g/mol. The van der Waals surface area contributed by atoms with Crippen molar-refractivity contribution in [2.75, 3.05) is 0 Å². The Labute approximate surface area is 130 Å². The Hall–Kier alpha value is -2.53. The highest BCUT2D eigenvalue weighted by Gasteiger charge is 2.05. The predicted octanol–water partition coefficient (Wildman–Crippen LogP) is 2.52. The van der Waals surface area contributed by atoms with Crippen molar-refractivity contribution in [1.29, 1.82) is 0 Å². The normalized spacial score (nSPS) is 12.2. The first-order valence-electron chi connectivity index (χ1n) is 7.39. The summed E-state index contributed by atoms with van der Waals surface area (Å²) in [7, 11) is 0. The standard InChI is InChI=1S/C17H19N5/c1-14(13-22-11-5-9-20-22)19-12-16-8-10-18-17(21-16)15-6-3-2-4-7-15/h2-11,14,19H,12-13H2,1H3/t14-/m1/s1. The van der Waals surface area contributed by atoms with Crippen LogP contribution in [-0.2, 0) is 13.1 Å². The topological polar surface area (TPSA) is 55.6 Å². The summed E-state index contributed by atoms with van der Waals surface area (Å²) >= 11 is 0. The number of benzene rings is 1. The number of aromatic nitrogens is 4. The lowest BCUT2D eigenvalue weighted by Crippen LogP contribution is -2.30. The molecule has 1 atom stereocenters. The quantitative estimate of drug-likeness (QED) is 0.759. The Balaban J connectivity index is 1.61. The van der Waals surface area contributed by atoms with Crippen LogP contribution in [0.25, 0.3) is 11.4 Å². The van der Waals surface area contributed by atoms with Crippen molar-refractivity contribution < 1.29 is 0 Å². The first-order valence-corrected chi connectivity index (χ1v) is 7.39. The van der Waals surface area contributed by atoms with Crippen LogP contribution in [0.15, 0.2) is 61.1 Å². The fraction of sp³-hybridized carbons (Fsp3) is 0.235. The minimum absolute atomic E-state index is 0.315. The molecule has 1 N–H and O–H groups in total. The lowest BCUT2D eigenvalue weighted by Gasteiger charge is -2.13. The van der Waals surface area contributed by atoms with E-state index in [1.165, 1.54) is 0 Å². The number of nitrogens with one attached hydrogen (secondary N) is 1. The SMILES string of the molecule is C[C@H](Cn1cccn1)NCc1ccnc(-c2ccccc2)n1. The zero-order chi connectivity index (χ0) is 15.2. The molecule has 112 valence electrons. The van der Waals surface area contributed by atoms with E-state index < -0.39 is 0 Å². The van der Waals surface area contributed by atoms with Crippen LogP contribution >= 0.6 is 0 Å². The van der Waals surface area contributed by atoms with Crippen LogP contribution in [0.5, 0.6) is 0 Å². The Morgan fingerprint density at radius 2 is 1.95 bits per heavy atom. The number of hydrogen-bond acceptors (Lipinski definition) is 4. The second-order valence-corrected chi connectivity index (χ2v) is 5.25. The molecular formula is C17H19N5. The second-order valence-electron chi connectivity index (χ2n) is 5.25. The highest BCUT2D eigenvalue weighted by molar-refractivity contribution is 5.54. The van der Waals surface area contributed by atoms with Crippen LogP contribution in [0.4, 0.5) is 0 Å². The van der Waals surface area contributed by atoms with E-state index >= 15 is 0 Å². The molecule has 0 amide bonds. The van der Waals surface area contributed by atoms with E-state index in [1.54, 1.807) is 6.20 Å². The molecule has 1 aromatic carbocycles. The van der Waals surface area contributed by atoms with Gasteiger partial charge in [0.1, 0.15) is 0 Å². The molecule has 3 rings (SSSR count). The maximum atomic E-state index is 4.62. The molecule has 2 aromatic heterocycles. The van der Waals surface area contributed by atoms with Crippen molar-refractivity contribution in [2.24, 2.45) is 0 Å². The summed E-state index contributed by atoms with van der Waals surface area (Å²) in [5.74, 6) is 0.764. The van der Waals surface area contributed by atoms with E-state index in [9.17, 15) is 0 Å². The molecule has 0 unspecified atom stereocenters. The number of hydrogen-bond donors (Lipinski definition) is 1. The molecule has 5 nitrogen and oxygen atoms in total. The molecule has 22 heavy (non-hydrogen) atoms.